The number of carbonyl (C=O) groups excluding carboxylic acids is 3. The average Bonchev–Trinajstić information content (AvgIpc) is 2.36. The molecule has 0 aromatic heterocycles. The number of hydrogen-bond acceptors (Lipinski definition) is 4. The van der Waals surface area contributed by atoms with Crippen LogP contribution in [0.4, 0.5) is 0 Å². The van der Waals surface area contributed by atoms with Crippen LogP contribution < -0.4 is 10.6 Å². The third-order valence-electron chi connectivity index (χ3n) is 4.07. The topological polar surface area (TPSA) is 78.5 Å². The van der Waals surface area contributed by atoms with Gasteiger partial charge in [-0.05, 0) is 32.2 Å². The van der Waals surface area contributed by atoms with Gasteiger partial charge in [0.25, 0.3) is 0 Å². The molecular weight excluding hydrogens is 246 g/mol. The van der Waals surface area contributed by atoms with Crippen molar-refractivity contribution < 1.29 is 14.4 Å². The Bertz CT molecular complexity index is 397. The molecule has 2 aliphatic heterocycles. The van der Waals surface area contributed by atoms with Crippen LogP contribution in [0.15, 0.2) is 0 Å². The highest BCUT2D eigenvalue weighted by atomic mass is 16.2. The number of nitrogens with zero attached hydrogens (tertiary/aromatic N) is 1. The van der Waals surface area contributed by atoms with E-state index in [-0.39, 0.29) is 18.5 Å². The highest BCUT2D eigenvalue weighted by molar-refractivity contribution is 6.04. The van der Waals surface area contributed by atoms with Crippen LogP contribution in [-0.4, -0.2) is 47.8 Å². The summed E-state index contributed by atoms with van der Waals surface area (Å²) in [5.41, 5.74) is 0. The van der Waals surface area contributed by atoms with Crippen LogP contribution in [0.5, 0.6) is 0 Å². The van der Waals surface area contributed by atoms with Crippen LogP contribution in [-0.2, 0) is 14.4 Å². The minimum atomic E-state index is -0.566. The standard InChI is InChI=1S/C13H21N3O3/c1-8-4-3-5-14-10(8)6-12(18)16-7-11(17)15-13(19)9(16)2/h8-10,14H,3-7H2,1-2H3,(H,15,17,19). The van der Waals surface area contributed by atoms with Gasteiger partial charge in [-0.25, -0.2) is 0 Å². The monoisotopic (exact) mass is 267 g/mol. The van der Waals surface area contributed by atoms with E-state index in [1.807, 2.05) is 0 Å². The minimum Gasteiger partial charge on any atom is -0.322 e. The molecule has 0 aromatic rings. The van der Waals surface area contributed by atoms with Crippen molar-refractivity contribution in [2.75, 3.05) is 13.1 Å². The summed E-state index contributed by atoms with van der Waals surface area (Å²) in [6.07, 6.45) is 2.60. The Labute approximate surface area is 112 Å². The maximum atomic E-state index is 12.3. The first-order valence-corrected chi connectivity index (χ1v) is 6.85. The SMILES string of the molecule is CC1CCCNC1CC(=O)N1CC(=O)NC(=O)C1C. The molecule has 2 rings (SSSR count). The Morgan fingerprint density at radius 3 is 2.79 bits per heavy atom. The van der Waals surface area contributed by atoms with E-state index in [0.29, 0.717) is 12.3 Å². The number of carbonyl (C=O) groups is 3. The predicted octanol–water partition coefficient (Wildman–Crippen LogP) is -0.362. The zero-order chi connectivity index (χ0) is 14.0. The number of hydrogen-bond donors (Lipinski definition) is 2. The molecule has 106 valence electrons. The maximum Gasteiger partial charge on any atom is 0.249 e. The van der Waals surface area contributed by atoms with Crippen LogP contribution in [0, 0.1) is 5.92 Å². The second kappa shape index (κ2) is 5.69. The number of amides is 3. The molecule has 0 aromatic carbocycles. The highest BCUT2D eigenvalue weighted by Crippen LogP contribution is 2.19. The Morgan fingerprint density at radius 2 is 2.11 bits per heavy atom. The molecule has 19 heavy (non-hydrogen) atoms. The Balaban J connectivity index is 1.98. The van der Waals surface area contributed by atoms with Crippen molar-refractivity contribution in [2.24, 2.45) is 5.92 Å². The number of imide groups is 1. The minimum absolute atomic E-state index is 0.0210. The quantitative estimate of drug-likeness (QED) is 0.670. The lowest BCUT2D eigenvalue weighted by Crippen LogP contribution is -2.59. The molecule has 2 N–H and O–H groups in total. The second-order valence-corrected chi connectivity index (χ2v) is 5.49. The zero-order valence-electron chi connectivity index (χ0n) is 11.4. The Morgan fingerprint density at radius 1 is 1.37 bits per heavy atom. The van der Waals surface area contributed by atoms with Gasteiger partial charge >= 0.3 is 0 Å². The molecule has 6 heteroatoms. The molecule has 2 fully saturated rings. The summed E-state index contributed by atoms with van der Waals surface area (Å²) < 4.78 is 0. The van der Waals surface area contributed by atoms with E-state index >= 15 is 0 Å². The lowest BCUT2D eigenvalue weighted by molar-refractivity contribution is -0.149. The third-order valence-corrected chi connectivity index (χ3v) is 4.07. The first-order valence-electron chi connectivity index (χ1n) is 6.85. The van der Waals surface area contributed by atoms with E-state index < -0.39 is 17.9 Å². The lowest BCUT2D eigenvalue weighted by Gasteiger charge is -2.35. The molecular formula is C13H21N3O3. The molecule has 0 spiro atoms. The van der Waals surface area contributed by atoms with E-state index in [9.17, 15) is 14.4 Å². The van der Waals surface area contributed by atoms with Crippen LogP contribution in [0.2, 0.25) is 0 Å². The fraction of sp³-hybridized carbons (Fsp3) is 0.769. The van der Waals surface area contributed by atoms with Crippen LogP contribution >= 0.6 is 0 Å². The van der Waals surface area contributed by atoms with Crippen LogP contribution in [0.1, 0.15) is 33.1 Å². The maximum absolute atomic E-state index is 12.3. The van der Waals surface area contributed by atoms with E-state index in [1.54, 1.807) is 6.92 Å². The van der Waals surface area contributed by atoms with Gasteiger partial charge in [0.1, 0.15) is 12.6 Å². The van der Waals surface area contributed by atoms with Gasteiger partial charge in [0.2, 0.25) is 17.7 Å². The van der Waals surface area contributed by atoms with Crippen molar-refractivity contribution in [3.8, 4) is 0 Å². The van der Waals surface area contributed by atoms with Gasteiger partial charge < -0.3 is 10.2 Å². The molecule has 3 unspecified atom stereocenters. The van der Waals surface area contributed by atoms with Crippen LogP contribution in [0.3, 0.4) is 0 Å². The Hall–Kier alpha value is -1.43. The summed E-state index contributed by atoms with van der Waals surface area (Å²) in [5, 5.41) is 5.58. The molecule has 6 nitrogen and oxygen atoms in total. The van der Waals surface area contributed by atoms with Crippen molar-refractivity contribution >= 4 is 17.7 Å². The van der Waals surface area contributed by atoms with Gasteiger partial charge in [-0.1, -0.05) is 6.92 Å². The summed E-state index contributed by atoms with van der Waals surface area (Å²) in [6, 6.07) is -0.419. The number of piperazine rings is 1. The predicted molar refractivity (Wildman–Crippen MR) is 69.1 cm³/mol. The summed E-state index contributed by atoms with van der Waals surface area (Å²) in [5.74, 6) is -0.473. The number of nitrogens with one attached hydrogen (secondary N) is 2. The van der Waals surface area contributed by atoms with Gasteiger partial charge in [-0.3, -0.25) is 19.7 Å². The molecule has 2 aliphatic rings. The average molecular weight is 267 g/mol. The molecule has 0 saturated carbocycles. The molecule has 3 atom stereocenters. The van der Waals surface area contributed by atoms with Gasteiger partial charge in [0.05, 0.1) is 0 Å². The van der Waals surface area contributed by atoms with E-state index in [2.05, 4.69) is 17.6 Å². The third kappa shape index (κ3) is 3.12. The van der Waals surface area contributed by atoms with Gasteiger partial charge in [0, 0.05) is 12.5 Å². The first-order chi connectivity index (χ1) is 8.99. The summed E-state index contributed by atoms with van der Waals surface area (Å²) in [7, 11) is 0. The van der Waals surface area contributed by atoms with Crippen molar-refractivity contribution in [3.05, 3.63) is 0 Å². The number of piperidine rings is 1. The largest absolute Gasteiger partial charge is 0.322 e. The molecule has 3 amide bonds. The van der Waals surface area contributed by atoms with E-state index in [4.69, 9.17) is 0 Å². The van der Waals surface area contributed by atoms with Gasteiger partial charge in [-0.15, -0.1) is 0 Å². The van der Waals surface area contributed by atoms with E-state index in [0.717, 1.165) is 19.4 Å². The smallest absolute Gasteiger partial charge is 0.249 e. The van der Waals surface area contributed by atoms with Crippen molar-refractivity contribution in [2.45, 2.75) is 45.2 Å². The molecule has 0 radical (unpaired) electrons. The molecule has 2 saturated heterocycles. The second-order valence-electron chi connectivity index (χ2n) is 5.49. The van der Waals surface area contributed by atoms with Gasteiger partial charge in [0.15, 0.2) is 0 Å². The summed E-state index contributed by atoms with van der Waals surface area (Å²) in [6.45, 7) is 4.68. The molecule has 2 heterocycles. The van der Waals surface area contributed by atoms with Crippen molar-refractivity contribution in [1.82, 2.24) is 15.5 Å². The lowest BCUT2D eigenvalue weighted by atomic mass is 9.90. The fourth-order valence-corrected chi connectivity index (χ4v) is 2.71. The summed E-state index contributed by atoms with van der Waals surface area (Å²) >= 11 is 0. The Kier molecular flexibility index (Phi) is 4.19. The van der Waals surface area contributed by atoms with Crippen LogP contribution in [0.25, 0.3) is 0 Å². The number of rotatable bonds is 2. The fourth-order valence-electron chi connectivity index (χ4n) is 2.71. The van der Waals surface area contributed by atoms with Crippen molar-refractivity contribution in [1.29, 1.82) is 0 Å². The molecule has 0 aliphatic carbocycles. The summed E-state index contributed by atoms with van der Waals surface area (Å²) in [4.78, 5) is 36.5. The van der Waals surface area contributed by atoms with Crippen molar-refractivity contribution in [3.63, 3.8) is 0 Å². The van der Waals surface area contributed by atoms with E-state index in [1.165, 1.54) is 4.90 Å². The highest BCUT2D eigenvalue weighted by Gasteiger charge is 2.35. The first kappa shape index (κ1) is 14.0. The molecule has 0 bridgehead atoms. The van der Waals surface area contributed by atoms with Gasteiger partial charge in [-0.2, -0.15) is 0 Å². The zero-order valence-corrected chi connectivity index (χ0v) is 11.4. The normalized spacial score (nSPS) is 32.1.